The zero-order chi connectivity index (χ0) is 59.8. The maximum Gasteiger partial charge on any atom is 0.407 e. The number of carbonyl (C=O) groups is 8. The quantitative estimate of drug-likeness (QED) is 0.0345. The highest BCUT2D eigenvalue weighted by molar-refractivity contribution is 6.30. The molecule has 1 aliphatic rings. The number of carbonyl (C=O) groups excluding carboxylic acids is 7. The summed E-state index contributed by atoms with van der Waals surface area (Å²) in [6.07, 6.45) is -1.47. The van der Waals surface area contributed by atoms with Crippen molar-refractivity contribution >= 4 is 59.5 Å². The summed E-state index contributed by atoms with van der Waals surface area (Å²) < 4.78 is 28.7. The van der Waals surface area contributed by atoms with Crippen molar-refractivity contribution in [3.8, 4) is 33.8 Å². The van der Waals surface area contributed by atoms with Crippen LogP contribution in [0.5, 0.6) is 11.5 Å². The van der Waals surface area contributed by atoms with E-state index in [1.807, 2.05) is 12.1 Å². The molecule has 7 amide bonds. The van der Waals surface area contributed by atoms with Gasteiger partial charge in [-0.1, -0.05) is 48.0 Å². The predicted octanol–water partition coefficient (Wildman–Crippen LogP) is 8.10. The minimum atomic E-state index is -1.54. The fourth-order valence-electron chi connectivity index (χ4n) is 8.30. The first-order valence-corrected chi connectivity index (χ1v) is 27.0. The Balaban J connectivity index is 1.59. The maximum atomic E-state index is 15.2. The third-order valence-electron chi connectivity index (χ3n) is 12.0. The van der Waals surface area contributed by atoms with Crippen molar-refractivity contribution in [3.05, 3.63) is 107 Å². The number of hydrogen-bond donors (Lipinski definition) is 7. The number of hydrogen-bond acceptors (Lipinski definition) is 13. The Hall–Kier alpha value is -8.07. The van der Waals surface area contributed by atoms with Gasteiger partial charge < -0.3 is 65.6 Å². The molecule has 4 bridgehead atoms. The monoisotopic (exact) mass is 1140 g/mol. The first-order valence-electron chi connectivity index (χ1n) is 26.7. The summed E-state index contributed by atoms with van der Waals surface area (Å²) in [6.45, 7) is 16.9. The number of likely N-dealkylation sites (N-methyl/N-ethyl adjacent to an activating group) is 1. The number of fused-ring (bicyclic) bond motifs is 5. The van der Waals surface area contributed by atoms with Crippen LogP contribution in [0.25, 0.3) is 22.3 Å². The van der Waals surface area contributed by atoms with Gasteiger partial charge in [0.15, 0.2) is 0 Å². The summed E-state index contributed by atoms with van der Waals surface area (Å²) in [5.74, 6) is -3.89. The minimum Gasteiger partial charge on any atom is -0.491 e. The topological polar surface area (TPSA) is 278 Å². The molecule has 4 atom stereocenters. The molecule has 4 aromatic carbocycles. The molecular weight excluding hydrogens is 1070 g/mol. The summed E-state index contributed by atoms with van der Waals surface area (Å²) in [6, 6.07) is 17.9. The number of aliphatic carboxylic acids is 1. The maximum absolute atomic E-state index is 15.2. The molecule has 0 spiro atoms. The number of carboxylic acid groups (broad SMARTS) is 1. The lowest BCUT2D eigenvalue weighted by Gasteiger charge is -2.32. The summed E-state index contributed by atoms with van der Waals surface area (Å²) in [7, 11) is 1.38. The van der Waals surface area contributed by atoms with Crippen molar-refractivity contribution in [2.24, 2.45) is 0 Å². The molecular formula is C59H76ClN7O14. The van der Waals surface area contributed by atoms with Crippen LogP contribution in [0.4, 0.5) is 14.4 Å². The first-order chi connectivity index (χ1) is 38.0. The van der Waals surface area contributed by atoms with E-state index in [0.717, 1.165) is 16.0 Å². The van der Waals surface area contributed by atoms with Crippen LogP contribution in [-0.4, -0.2) is 133 Å². The molecule has 438 valence electrons. The van der Waals surface area contributed by atoms with Gasteiger partial charge in [-0.25, -0.2) is 19.2 Å². The molecule has 1 aliphatic heterocycles. The molecule has 0 aliphatic carbocycles. The lowest BCUT2D eigenvalue weighted by Crippen LogP contribution is -2.54. The van der Waals surface area contributed by atoms with Crippen LogP contribution >= 0.6 is 11.6 Å². The Morgan fingerprint density at radius 3 is 1.67 bits per heavy atom. The van der Waals surface area contributed by atoms with Crippen LogP contribution in [0.3, 0.4) is 0 Å². The van der Waals surface area contributed by atoms with Crippen LogP contribution in [0.15, 0.2) is 84.9 Å². The minimum absolute atomic E-state index is 0.00294. The van der Waals surface area contributed by atoms with Gasteiger partial charge in [0.1, 0.15) is 65.7 Å². The highest BCUT2D eigenvalue weighted by atomic mass is 35.5. The number of nitrogens with zero attached hydrogens (tertiary/aromatic N) is 1. The fraction of sp³-hybridized carbons (Fsp3) is 0.458. The molecule has 7 N–H and O–H groups in total. The Morgan fingerprint density at radius 2 is 1.15 bits per heavy atom. The third kappa shape index (κ3) is 20.5. The zero-order valence-electron chi connectivity index (χ0n) is 47.8. The van der Waals surface area contributed by atoms with Gasteiger partial charge in [-0.3, -0.25) is 19.2 Å². The molecule has 22 heteroatoms. The number of rotatable bonds is 19. The molecule has 81 heavy (non-hydrogen) atoms. The van der Waals surface area contributed by atoms with Crippen LogP contribution in [0, 0.1) is 0 Å². The number of unbranched alkanes of at least 4 members (excludes halogenated alkanes) is 1. The van der Waals surface area contributed by atoms with E-state index < -0.39 is 88.8 Å². The van der Waals surface area contributed by atoms with E-state index in [4.69, 9.17) is 35.3 Å². The van der Waals surface area contributed by atoms with Gasteiger partial charge in [0.05, 0.1) is 13.1 Å². The van der Waals surface area contributed by atoms with Crippen molar-refractivity contribution in [1.82, 2.24) is 36.8 Å². The van der Waals surface area contributed by atoms with Gasteiger partial charge in [0, 0.05) is 41.7 Å². The zero-order valence-corrected chi connectivity index (χ0v) is 48.6. The highest BCUT2D eigenvalue weighted by Crippen LogP contribution is 2.40. The summed E-state index contributed by atoms with van der Waals surface area (Å²) >= 11 is 6.11. The van der Waals surface area contributed by atoms with Crippen molar-refractivity contribution in [2.75, 3.05) is 39.9 Å². The summed E-state index contributed by atoms with van der Waals surface area (Å²) in [5.41, 5.74) is 0.900. The number of nitrogens with one attached hydrogen (secondary N) is 6. The van der Waals surface area contributed by atoms with E-state index in [9.17, 15) is 38.7 Å². The number of alkyl carbamates (subject to hydrolysis) is 3. The highest BCUT2D eigenvalue weighted by Gasteiger charge is 2.36. The molecule has 0 unspecified atom stereocenters. The van der Waals surface area contributed by atoms with Crippen LogP contribution in [-0.2, 0) is 39.8 Å². The predicted molar refractivity (Wildman–Crippen MR) is 304 cm³/mol. The lowest BCUT2D eigenvalue weighted by molar-refractivity contribution is -0.143. The Labute approximate surface area is 477 Å². The van der Waals surface area contributed by atoms with E-state index >= 15 is 4.79 Å². The third-order valence-corrected chi connectivity index (χ3v) is 12.3. The summed E-state index contributed by atoms with van der Waals surface area (Å²) in [5, 5.41) is 27.0. The number of carboxylic acids is 1. The van der Waals surface area contributed by atoms with Crippen molar-refractivity contribution < 1.29 is 67.1 Å². The average Bonchev–Trinajstić information content (AvgIpc) is 3.48. The standard InChI is InChI=1S/C59H76ClN7O14/c1-35-49(68)66-45(53(72)73)33-36-15-25-46(77-30-28-62-55(75)80-58(5,6)7)42(32-36)43-34-40(22-26-47(43)78-31-29-63-56(76)81-59(8,9)10)48(51(70)64-35)67(11)52(71)44(14-12-13-27-61-54(74)79-57(2,3)4)65-50(69)39-18-16-37(17-19-39)38-20-23-41(60)24-21-38/h15-26,32,34-35,44-45,48H,12-14,27-31,33H2,1-11H3,(H,61,74)(H,62,75)(H,63,76)(H,64,70)(H,65,69)(H,66,68)(H,72,73)/t35-,44-,45-,48-/m0/s1. The van der Waals surface area contributed by atoms with Crippen molar-refractivity contribution in [3.63, 3.8) is 0 Å². The van der Waals surface area contributed by atoms with Gasteiger partial charge in [0.25, 0.3) is 5.91 Å². The van der Waals surface area contributed by atoms with Crippen LogP contribution in [0.1, 0.15) is 116 Å². The van der Waals surface area contributed by atoms with Gasteiger partial charge in [-0.15, -0.1) is 0 Å². The molecule has 21 nitrogen and oxygen atoms in total. The van der Waals surface area contributed by atoms with E-state index in [1.165, 1.54) is 14.0 Å². The lowest BCUT2D eigenvalue weighted by atomic mass is 9.93. The Morgan fingerprint density at radius 1 is 0.654 bits per heavy atom. The van der Waals surface area contributed by atoms with E-state index in [0.29, 0.717) is 34.6 Å². The van der Waals surface area contributed by atoms with E-state index in [-0.39, 0.29) is 68.3 Å². The number of ether oxygens (including phenoxy) is 5. The molecule has 0 aromatic heterocycles. The van der Waals surface area contributed by atoms with Crippen molar-refractivity contribution in [1.29, 1.82) is 0 Å². The van der Waals surface area contributed by atoms with Crippen LogP contribution in [0.2, 0.25) is 5.02 Å². The largest absolute Gasteiger partial charge is 0.491 e. The Kier molecular flexibility index (Phi) is 22.3. The molecule has 0 fully saturated rings. The fourth-order valence-corrected chi connectivity index (χ4v) is 8.42. The van der Waals surface area contributed by atoms with Gasteiger partial charge in [-0.2, -0.15) is 0 Å². The van der Waals surface area contributed by atoms with Gasteiger partial charge in [0.2, 0.25) is 17.7 Å². The second-order valence-corrected chi connectivity index (χ2v) is 22.8. The Bertz CT molecular complexity index is 2880. The van der Waals surface area contributed by atoms with E-state index in [1.54, 1.807) is 135 Å². The van der Waals surface area contributed by atoms with Gasteiger partial charge in [-0.05, 0) is 159 Å². The van der Waals surface area contributed by atoms with Crippen molar-refractivity contribution in [2.45, 2.75) is 136 Å². The van der Waals surface area contributed by atoms with Gasteiger partial charge >= 0.3 is 24.2 Å². The molecule has 0 saturated carbocycles. The van der Waals surface area contributed by atoms with Crippen LogP contribution < -0.4 is 41.4 Å². The molecule has 4 aromatic rings. The number of benzene rings is 4. The SMILES string of the molecule is C[C@@H]1NC(=O)[C@@H](N(C)C(=O)[C@H](CCCCNC(=O)OC(C)(C)C)NC(=O)c2ccc(-c3ccc(Cl)cc3)cc2)c2ccc(OCCNC(=O)OC(C)(C)C)c(c2)-c2cc(ccc2OCCNC(=O)OC(C)(C)C)C[C@@H](C(=O)O)NC1=O. The number of halogens is 1. The molecule has 5 rings (SSSR count). The average molecular weight is 1140 g/mol. The normalized spacial score (nSPS) is 15.9. The summed E-state index contributed by atoms with van der Waals surface area (Å²) in [4.78, 5) is 110. The van der Waals surface area contributed by atoms with E-state index in [2.05, 4.69) is 31.9 Å². The molecule has 0 radical (unpaired) electrons. The smallest absolute Gasteiger partial charge is 0.407 e. The molecule has 0 saturated heterocycles. The first kappa shape index (κ1) is 63.8. The molecule has 1 heterocycles. The second kappa shape index (κ2) is 28.4. The second-order valence-electron chi connectivity index (χ2n) is 22.4. The number of amides is 7.